The molecular formula is C15H26O3. The lowest BCUT2D eigenvalue weighted by atomic mass is 9.87. The number of unbranched alkanes of at least 4 members (excludes halogenated alkanes) is 5. The highest BCUT2D eigenvalue weighted by molar-refractivity contribution is 5.72. The first-order valence-corrected chi connectivity index (χ1v) is 7.60. The van der Waals surface area contributed by atoms with Gasteiger partial charge in [-0.1, -0.05) is 45.4 Å². The van der Waals surface area contributed by atoms with E-state index in [9.17, 15) is 9.90 Å². The topological polar surface area (TPSA) is 46.5 Å². The summed E-state index contributed by atoms with van der Waals surface area (Å²) in [4.78, 5) is 11.3. The van der Waals surface area contributed by atoms with Gasteiger partial charge in [-0.15, -0.1) is 0 Å². The number of esters is 1. The summed E-state index contributed by atoms with van der Waals surface area (Å²) in [5, 5.41) is 10.0. The van der Waals surface area contributed by atoms with Crippen molar-refractivity contribution in [3.8, 4) is 0 Å². The van der Waals surface area contributed by atoms with Gasteiger partial charge in [0.15, 0.2) is 0 Å². The molecule has 2 rings (SSSR count). The monoisotopic (exact) mass is 254 g/mol. The Kier molecular flexibility index (Phi) is 5.04. The molecule has 0 radical (unpaired) electrons. The van der Waals surface area contributed by atoms with Gasteiger partial charge in [-0.3, -0.25) is 4.79 Å². The van der Waals surface area contributed by atoms with E-state index in [1.165, 1.54) is 38.5 Å². The van der Waals surface area contributed by atoms with Crippen molar-refractivity contribution in [1.29, 1.82) is 0 Å². The lowest BCUT2D eigenvalue weighted by molar-refractivity contribution is -0.141. The average Bonchev–Trinajstić information content (AvgIpc) is 2.80. The highest BCUT2D eigenvalue weighted by atomic mass is 16.6. The smallest absolute Gasteiger partial charge is 0.306 e. The number of aliphatic hydroxyl groups is 1. The molecule has 3 nitrogen and oxygen atoms in total. The van der Waals surface area contributed by atoms with E-state index in [1.54, 1.807) is 0 Å². The van der Waals surface area contributed by atoms with E-state index in [0.717, 1.165) is 6.42 Å². The zero-order valence-corrected chi connectivity index (χ0v) is 11.4. The van der Waals surface area contributed by atoms with E-state index in [-0.39, 0.29) is 18.2 Å². The van der Waals surface area contributed by atoms with Crippen LogP contribution in [-0.2, 0) is 9.53 Å². The second-order valence-corrected chi connectivity index (χ2v) is 5.92. The molecular weight excluding hydrogens is 228 g/mol. The fourth-order valence-electron chi connectivity index (χ4n) is 3.54. The predicted octanol–water partition coefficient (Wildman–Crippen LogP) is 3.05. The summed E-state index contributed by atoms with van der Waals surface area (Å²) in [6.07, 6.45) is 9.71. The maximum Gasteiger partial charge on any atom is 0.306 e. The molecule has 0 spiro atoms. The number of carbonyl (C=O) groups excluding carboxylic acids is 1. The number of aliphatic hydroxyl groups excluding tert-OH is 1. The Hall–Kier alpha value is -0.570. The minimum atomic E-state index is -0.247. The standard InChI is InChI=1S/C15H26O3/c1-2-3-4-5-6-7-8-11-12-9-15(17)18-14(12)10-13(11)16/h11-14,16H,2-10H2,1H3/t11-,12?,13-,14+/m1/s1. The van der Waals surface area contributed by atoms with Crippen LogP contribution < -0.4 is 0 Å². The maximum absolute atomic E-state index is 11.3. The Labute approximate surface area is 110 Å². The van der Waals surface area contributed by atoms with E-state index in [4.69, 9.17) is 4.74 Å². The van der Waals surface area contributed by atoms with Crippen molar-refractivity contribution in [3.05, 3.63) is 0 Å². The van der Waals surface area contributed by atoms with Crippen molar-refractivity contribution in [1.82, 2.24) is 0 Å². The number of carbonyl (C=O) groups is 1. The molecule has 0 aromatic rings. The van der Waals surface area contributed by atoms with Crippen LogP contribution >= 0.6 is 0 Å². The first-order chi connectivity index (χ1) is 8.72. The van der Waals surface area contributed by atoms with Crippen molar-refractivity contribution in [2.75, 3.05) is 0 Å². The van der Waals surface area contributed by atoms with Gasteiger partial charge in [0.05, 0.1) is 12.5 Å². The van der Waals surface area contributed by atoms with Gasteiger partial charge in [0, 0.05) is 12.3 Å². The van der Waals surface area contributed by atoms with Gasteiger partial charge in [0.25, 0.3) is 0 Å². The summed E-state index contributed by atoms with van der Waals surface area (Å²) in [6, 6.07) is 0. The Morgan fingerprint density at radius 1 is 1.22 bits per heavy atom. The lowest BCUT2D eigenvalue weighted by Gasteiger charge is -2.18. The summed E-state index contributed by atoms with van der Waals surface area (Å²) in [5.41, 5.74) is 0. The molecule has 0 bridgehead atoms. The van der Waals surface area contributed by atoms with Crippen LogP contribution in [0.1, 0.15) is 64.7 Å². The summed E-state index contributed by atoms with van der Waals surface area (Å²) >= 11 is 0. The third kappa shape index (κ3) is 3.25. The van der Waals surface area contributed by atoms with E-state index in [1.807, 2.05) is 0 Å². The SMILES string of the molecule is CCCCCCCC[C@@H]1C2CC(=O)O[C@H]2C[C@H]1O. The zero-order valence-electron chi connectivity index (χ0n) is 11.4. The second kappa shape index (κ2) is 6.55. The molecule has 1 aliphatic carbocycles. The Bertz CT molecular complexity index is 277. The molecule has 1 aliphatic heterocycles. The minimum Gasteiger partial charge on any atom is -0.462 e. The van der Waals surface area contributed by atoms with Crippen LogP contribution in [-0.4, -0.2) is 23.3 Å². The Morgan fingerprint density at radius 2 is 1.94 bits per heavy atom. The van der Waals surface area contributed by atoms with Crippen LogP contribution in [0.5, 0.6) is 0 Å². The molecule has 4 atom stereocenters. The van der Waals surface area contributed by atoms with Crippen LogP contribution in [0.15, 0.2) is 0 Å². The molecule has 2 fully saturated rings. The molecule has 0 aromatic carbocycles. The van der Waals surface area contributed by atoms with Crippen molar-refractivity contribution < 1.29 is 14.6 Å². The normalized spacial score (nSPS) is 34.7. The van der Waals surface area contributed by atoms with E-state index in [2.05, 4.69) is 6.92 Å². The predicted molar refractivity (Wildman–Crippen MR) is 70.1 cm³/mol. The fraction of sp³-hybridized carbons (Fsp3) is 0.933. The van der Waals surface area contributed by atoms with Gasteiger partial charge in [-0.05, 0) is 12.3 Å². The van der Waals surface area contributed by atoms with Crippen LogP contribution in [0.2, 0.25) is 0 Å². The van der Waals surface area contributed by atoms with Crippen molar-refractivity contribution in [3.63, 3.8) is 0 Å². The maximum atomic E-state index is 11.3. The third-order valence-electron chi connectivity index (χ3n) is 4.57. The molecule has 104 valence electrons. The highest BCUT2D eigenvalue weighted by Gasteiger charge is 2.48. The van der Waals surface area contributed by atoms with Crippen LogP contribution in [0.3, 0.4) is 0 Å². The molecule has 1 N–H and O–H groups in total. The first-order valence-electron chi connectivity index (χ1n) is 7.60. The Balaban J connectivity index is 1.67. The largest absolute Gasteiger partial charge is 0.462 e. The van der Waals surface area contributed by atoms with Gasteiger partial charge in [0.1, 0.15) is 6.10 Å². The molecule has 3 heteroatoms. The second-order valence-electron chi connectivity index (χ2n) is 5.92. The van der Waals surface area contributed by atoms with Gasteiger partial charge in [-0.25, -0.2) is 0 Å². The highest BCUT2D eigenvalue weighted by Crippen LogP contribution is 2.43. The summed E-state index contributed by atoms with van der Waals surface area (Å²) in [6.45, 7) is 2.23. The molecule has 0 aromatic heterocycles. The van der Waals surface area contributed by atoms with E-state index >= 15 is 0 Å². The van der Waals surface area contributed by atoms with Crippen LogP contribution in [0, 0.1) is 11.8 Å². The summed E-state index contributed by atoms with van der Waals surface area (Å²) in [5.74, 6) is 0.528. The number of ether oxygens (including phenoxy) is 1. The van der Waals surface area contributed by atoms with Gasteiger partial charge in [-0.2, -0.15) is 0 Å². The van der Waals surface area contributed by atoms with Crippen LogP contribution in [0.25, 0.3) is 0 Å². The van der Waals surface area contributed by atoms with Gasteiger partial charge < -0.3 is 9.84 Å². The Morgan fingerprint density at radius 3 is 2.72 bits per heavy atom. The van der Waals surface area contributed by atoms with E-state index in [0.29, 0.717) is 24.7 Å². The molecule has 1 saturated carbocycles. The third-order valence-corrected chi connectivity index (χ3v) is 4.57. The lowest BCUT2D eigenvalue weighted by Crippen LogP contribution is -2.19. The summed E-state index contributed by atoms with van der Waals surface area (Å²) in [7, 11) is 0. The first kappa shape index (κ1) is 13.9. The molecule has 1 saturated heterocycles. The summed E-state index contributed by atoms with van der Waals surface area (Å²) < 4.78 is 5.25. The molecule has 1 heterocycles. The number of hydrogen-bond acceptors (Lipinski definition) is 3. The molecule has 18 heavy (non-hydrogen) atoms. The molecule has 2 aliphatic rings. The van der Waals surface area contributed by atoms with Crippen LogP contribution in [0.4, 0.5) is 0 Å². The molecule has 1 unspecified atom stereocenters. The quantitative estimate of drug-likeness (QED) is 0.561. The van der Waals surface area contributed by atoms with Gasteiger partial charge >= 0.3 is 5.97 Å². The molecule has 0 amide bonds. The van der Waals surface area contributed by atoms with Crippen molar-refractivity contribution >= 4 is 5.97 Å². The van der Waals surface area contributed by atoms with Gasteiger partial charge in [0.2, 0.25) is 0 Å². The van der Waals surface area contributed by atoms with Crippen molar-refractivity contribution in [2.24, 2.45) is 11.8 Å². The van der Waals surface area contributed by atoms with E-state index < -0.39 is 0 Å². The van der Waals surface area contributed by atoms with Crippen molar-refractivity contribution in [2.45, 2.75) is 76.9 Å². The average molecular weight is 254 g/mol. The minimum absolute atomic E-state index is 0.0117. The number of rotatable bonds is 7. The number of fused-ring (bicyclic) bond motifs is 1. The fourth-order valence-corrected chi connectivity index (χ4v) is 3.54. The zero-order chi connectivity index (χ0) is 13.0. The number of hydrogen-bond donors (Lipinski definition) is 1.